The standard InChI is InChI=1S/C24H35F3N4O12/c1-10(2)17(21(41)29-12(8-15(34)35)18(38)24(25,26)27)31-19(39)11(6-7-14(32)33)28-20(40)13(9-16(36)37)30-22(42)43-23(3,4)5/h10-13,17H,6-9H2,1-5H3,(H,28,40)(H,29,41)(H,30,42)(H,31,39)(H,32,33)(H,34,35)(H,36,37)/t11-,12?,13-,17-/m0/s1. The molecule has 244 valence electrons. The molecular formula is C24H35F3N4O12. The van der Waals surface area contributed by atoms with Crippen molar-refractivity contribution in [3.05, 3.63) is 0 Å². The van der Waals surface area contributed by atoms with Gasteiger partial charge in [0.05, 0.1) is 12.8 Å². The van der Waals surface area contributed by atoms with E-state index >= 15 is 0 Å². The van der Waals surface area contributed by atoms with Gasteiger partial charge < -0.3 is 41.3 Å². The van der Waals surface area contributed by atoms with Gasteiger partial charge in [-0.2, -0.15) is 13.2 Å². The number of alkyl carbamates (subject to hydrolysis) is 1. The number of ether oxygens (including phenoxy) is 1. The van der Waals surface area contributed by atoms with E-state index in [4.69, 9.17) is 20.1 Å². The second-order valence-corrected chi connectivity index (χ2v) is 10.5. The van der Waals surface area contributed by atoms with Gasteiger partial charge >= 0.3 is 30.2 Å². The lowest BCUT2D eigenvalue weighted by Gasteiger charge is -2.28. The molecule has 0 aromatic carbocycles. The molecule has 43 heavy (non-hydrogen) atoms. The third-order valence-corrected chi connectivity index (χ3v) is 5.20. The highest BCUT2D eigenvalue weighted by Crippen LogP contribution is 2.20. The number of Topliss-reactive ketones (excluding diaryl/α,β-unsaturated/α-hetero) is 1. The predicted octanol–water partition coefficient (Wildman–Crippen LogP) is -0.0643. The normalized spacial score (nSPS) is 14.3. The van der Waals surface area contributed by atoms with E-state index < -0.39 is 115 Å². The fourth-order valence-electron chi connectivity index (χ4n) is 3.27. The summed E-state index contributed by atoms with van der Waals surface area (Å²) in [6.07, 6.45) is -10.5. The zero-order valence-electron chi connectivity index (χ0n) is 23.9. The van der Waals surface area contributed by atoms with Crippen LogP contribution in [-0.2, 0) is 38.3 Å². The largest absolute Gasteiger partial charge is 0.481 e. The van der Waals surface area contributed by atoms with Crippen LogP contribution in [-0.4, -0.2) is 98.8 Å². The van der Waals surface area contributed by atoms with Crippen molar-refractivity contribution in [1.29, 1.82) is 0 Å². The Morgan fingerprint density at radius 2 is 1.14 bits per heavy atom. The Bertz CT molecular complexity index is 1090. The maximum absolute atomic E-state index is 13.1. The van der Waals surface area contributed by atoms with E-state index in [9.17, 15) is 51.5 Å². The third-order valence-electron chi connectivity index (χ3n) is 5.20. The van der Waals surface area contributed by atoms with Crippen molar-refractivity contribution in [3.63, 3.8) is 0 Å². The summed E-state index contributed by atoms with van der Waals surface area (Å²) in [7, 11) is 0. The van der Waals surface area contributed by atoms with Crippen LogP contribution in [0.5, 0.6) is 0 Å². The number of alkyl halides is 3. The Labute approximate surface area is 243 Å². The van der Waals surface area contributed by atoms with Crippen LogP contribution in [0.25, 0.3) is 0 Å². The summed E-state index contributed by atoms with van der Waals surface area (Å²) in [6, 6.07) is -7.85. The fourth-order valence-corrected chi connectivity index (χ4v) is 3.27. The molecule has 0 spiro atoms. The molecule has 0 rings (SSSR count). The van der Waals surface area contributed by atoms with Gasteiger partial charge in [-0.1, -0.05) is 13.8 Å². The average Bonchev–Trinajstić information content (AvgIpc) is 2.80. The molecule has 4 amide bonds. The van der Waals surface area contributed by atoms with Crippen molar-refractivity contribution in [2.75, 3.05) is 0 Å². The number of carboxylic acid groups (broad SMARTS) is 3. The number of ketones is 1. The topological polar surface area (TPSA) is 255 Å². The molecule has 4 atom stereocenters. The highest BCUT2D eigenvalue weighted by atomic mass is 19.4. The van der Waals surface area contributed by atoms with Gasteiger partial charge in [-0.15, -0.1) is 0 Å². The first-order chi connectivity index (χ1) is 19.4. The Balaban J connectivity index is 6.04. The molecule has 0 saturated carbocycles. The van der Waals surface area contributed by atoms with Gasteiger partial charge in [0.15, 0.2) is 0 Å². The Kier molecular flexibility index (Phi) is 14.6. The van der Waals surface area contributed by atoms with Crippen molar-refractivity contribution < 1.29 is 71.6 Å². The summed E-state index contributed by atoms with van der Waals surface area (Å²) >= 11 is 0. The first-order valence-corrected chi connectivity index (χ1v) is 12.6. The van der Waals surface area contributed by atoms with Crippen molar-refractivity contribution >= 4 is 47.5 Å². The predicted molar refractivity (Wildman–Crippen MR) is 136 cm³/mol. The molecule has 0 aliphatic carbocycles. The maximum atomic E-state index is 13.1. The molecule has 0 fully saturated rings. The summed E-state index contributed by atoms with van der Waals surface area (Å²) < 4.78 is 43.8. The number of carbonyl (C=O) groups is 8. The first kappa shape index (κ1) is 38.5. The van der Waals surface area contributed by atoms with Gasteiger partial charge in [-0.25, -0.2) is 4.79 Å². The van der Waals surface area contributed by atoms with Crippen LogP contribution in [0.1, 0.15) is 60.3 Å². The molecule has 0 aromatic heterocycles. The van der Waals surface area contributed by atoms with E-state index in [1.54, 1.807) is 5.32 Å². The number of aliphatic carboxylic acids is 3. The Morgan fingerprint density at radius 1 is 0.674 bits per heavy atom. The van der Waals surface area contributed by atoms with Crippen LogP contribution in [0.15, 0.2) is 0 Å². The highest BCUT2D eigenvalue weighted by molar-refractivity contribution is 5.98. The number of carbonyl (C=O) groups excluding carboxylic acids is 5. The van der Waals surface area contributed by atoms with Crippen molar-refractivity contribution in [2.24, 2.45) is 5.92 Å². The Morgan fingerprint density at radius 3 is 1.56 bits per heavy atom. The molecule has 1 unspecified atom stereocenters. The van der Waals surface area contributed by atoms with E-state index in [1.807, 2.05) is 5.32 Å². The first-order valence-electron chi connectivity index (χ1n) is 12.6. The molecule has 0 aromatic rings. The minimum atomic E-state index is -5.50. The smallest absolute Gasteiger partial charge is 0.452 e. The van der Waals surface area contributed by atoms with Crippen LogP contribution in [0.4, 0.5) is 18.0 Å². The average molecular weight is 629 g/mol. The van der Waals surface area contributed by atoms with Gasteiger partial charge in [0.2, 0.25) is 17.7 Å². The lowest BCUT2D eigenvalue weighted by atomic mass is 10.0. The van der Waals surface area contributed by atoms with Gasteiger partial charge in [0, 0.05) is 6.42 Å². The molecule has 0 heterocycles. The molecular weight excluding hydrogens is 593 g/mol. The number of rotatable bonds is 16. The van der Waals surface area contributed by atoms with Crippen molar-refractivity contribution in [1.82, 2.24) is 21.3 Å². The molecule has 16 nitrogen and oxygen atoms in total. The number of amides is 4. The fraction of sp³-hybridized carbons (Fsp3) is 0.667. The molecule has 0 aliphatic heterocycles. The van der Waals surface area contributed by atoms with E-state index in [1.165, 1.54) is 34.6 Å². The number of hydrogen-bond acceptors (Lipinski definition) is 9. The maximum Gasteiger partial charge on any atom is 0.452 e. The lowest BCUT2D eigenvalue weighted by Crippen LogP contribution is -2.59. The van der Waals surface area contributed by atoms with E-state index in [2.05, 4.69) is 10.6 Å². The van der Waals surface area contributed by atoms with Gasteiger partial charge in [0.25, 0.3) is 5.78 Å². The SMILES string of the molecule is CC(C)[C@H](NC(=O)[C@H](CCC(=O)O)NC(=O)[C@H](CC(=O)O)NC(=O)OC(C)(C)C)C(=O)NC(CC(=O)O)C(=O)C(F)(F)F. The monoisotopic (exact) mass is 628 g/mol. The van der Waals surface area contributed by atoms with Crippen molar-refractivity contribution in [2.45, 2.75) is 96.2 Å². The van der Waals surface area contributed by atoms with Crippen molar-refractivity contribution in [3.8, 4) is 0 Å². The van der Waals surface area contributed by atoms with Gasteiger partial charge in [-0.3, -0.25) is 33.6 Å². The summed E-state index contributed by atoms with van der Waals surface area (Å²) in [6.45, 7) is 7.08. The quantitative estimate of drug-likeness (QED) is 0.119. The molecule has 7 N–H and O–H groups in total. The third kappa shape index (κ3) is 15.4. The number of hydrogen-bond donors (Lipinski definition) is 7. The number of halogens is 3. The minimum Gasteiger partial charge on any atom is -0.481 e. The second-order valence-electron chi connectivity index (χ2n) is 10.5. The minimum absolute atomic E-state index is 0.625. The second kappa shape index (κ2) is 16.3. The molecule has 0 saturated heterocycles. The summed E-state index contributed by atoms with van der Waals surface area (Å²) in [5.74, 6) is -12.2. The number of nitrogens with one attached hydrogen (secondary N) is 4. The van der Waals surface area contributed by atoms with Gasteiger partial charge in [-0.05, 0) is 33.1 Å². The summed E-state index contributed by atoms with van der Waals surface area (Å²) in [5, 5.41) is 34.9. The number of carboxylic acids is 3. The summed E-state index contributed by atoms with van der Waals surface area (Å²) in [5.41, 5.74) is -1.04. The van der Waals surface area contributed by atoms with Crippen LogP contribution < -0.4 is 21.3 Å². The van der Waals surface area contributed by atoms with Crippen LogP contribution in [0.2, 0.25) is 0 Å². The highest BCUT2D eigenvalue weighted by Gasteiger charge is 2.45. The zero-order chi connectivity index (χ0) is 33.9. The molecule has 0 bridgehead atoms. The van der Waals surface area contributed by atoms with Crippen LogP contribution in [0, 0.1) is 5.92 Å². The van der Waals surface area contributed by atoms with Gasteiger partial charge in [0.1, 0.15) is 29.8 Å². The van der Waals surface area contributed by atoms with E-state index in [0.29, 0.717) is 0 Å². The molecule has 0 radical (unpaired) electrons. The summed E-state index contributed by atoms with van der Waals surface area (Å²) in [4.78, 5) is 95.8. The Hall–Kier alpha value is -4.45. The molecule has 0 aliphatic rings. The van der Waals surface area contributed by atoms with Crippen LogP contribution in [0.3, 0.4) is 0 Å². The lowest BCUT2D eigenvalue weighted by molar-refractivity contribution is -0.174. The van der Waals surface area contributed by atoms with E-state index in [0.717, 1.165) is 0 Å². The van der Waals surface area contributed by atoms with E-state index in [-0.39, 0.29) is 0 Å². The zero-order valence-corrected chi connectivity index (χ0v) is 23.9. The molecule has 19 heteroatoms. The van der Waals surface area contributed by atoms with Crippen LogP contribution >= 0.6 is 0 Å².